The van der Waals surface area contributed by atoms with Crippen LogP contribution in [0.2, 0.25) is 0 Å². The molecule has 7 nitrogen and oxygen atoms in total. The van der Waals surface area contributed by atoms with Gasteiger partial charge in [-0.25, -0.2) is 4.98 Å². The van der Waals surface area contributed by atoms with Crippen LogP contribution in [0.4, 0.5) is 0 Å². The molecule has 1 aromatic carbocycles. The summed E-state index contributed by atoms with van der Waals surface area (Å²) in [5.41, 5.74) is 2.96. The Bertz CT molecular complexity index is 875. The van der Waals surface area contributed by atoms with Gasteiger partial charge in [0.15, 0.2) is 0 Å². The number of benzene rings is 1. The van der Waals surface area contributed by atoms with Crippen molar-refractivity contribution in [3.05, 3.63) is 45.9 Å². The van der Waals surface area contributed by atoms with E-state index in [1.807, 2.05) is 50.4 Å². The highest BCUT2D eigenvalue weighted by atomic mass is 32.2. The zero-order valence-electron chi connectivity index (χ0n) is 14.1. The first-order valence-corrected chi connectivity index (χ1v) is 9.49. The van der Waals surface area contributed by atoms with Crippen LogP contribution in [0.1, 0.15) is 23.2 Å². The van der Waals surface area contributed by atoms with Gasteiger partial charge < -0.3 is 5.32 Å². The summed E-state index contributed by atoms with van der Waals surface area (Å²) < 4.78 is 1.64. The van der Waals surface area contributed by atoms with Gasteiger partial charge >= 0.3 is 0 Å². The molecular formula is C16H18N6OS2. The van der Waals surface area contributed by atoms with E-state index < -0.39 is 0 Å². The van der Waals surface area contributed by atoms with Crippen LogP contribution >= 0.6 is 23.1 Å². The van der Waals surface area contributed by atoms with E-state index in [1.165, 1.54) is 11.8 Å². The summed E-state index contributed by atoms with van der Waals surface area (Å²) in [6.45, 7) is 6.22. The zero-order chi connectivity index (χ0) is 17.8. The van der Waals surface area contributed by atoms with Crippen molar-refractivity contribution in [2.45, 2.75) is 37.7 Å². The summed E-state index contributed by atoms with van der Waals surface area (Å²) in [4.78, 5) is 16.7. The second-order valence-corrected chi connectivity index (χ2v) is 7.82. The van der Waals surface area contributed by atoms with Crippen LogP contribution in [0.25, 0.3) is 5.69 Å². The Morgan fingerprint density at radius 1 is 1.40 bits per heavy atom. The van der Waals surface area contributed by atoms with E-state index >= 15 is 0 Å². The maximum Gasteiger partial charge on any atom is 0.233 e. The second kappa shape index (κ2) is 7.75. The molecule has 25 heavy (non-hydrogen) atoms. The van der Waals surface area contributed by atoms with Crippen molar-refractivity contribution in [1.82, 2.24) is 30.5 Å². The van der Waals surface area contributed by atoms with Crippen LogP contribution in [-0.4, -0.2) is 36.3 Å². The number of nitrogens with zero attached hydrogens (tertiary/aromatic N) is 5. The van der Waals surface area contributed by atoms with Gasteiger partial charge in [0.1, 0.15) is 5.01 Å². The molecule has 0 saturated carbocycles. The first-order chi connectivity index (χ1) is 12.0. The Labute approximate surface area is 153 Å². The van der Waals surface area contributed by atoms with Crippen molar-refractivity contribution in [3.63, 3.8) is 0 Å². The number of amides is 1. The minimum atomic E-state index is -0.324. The molecule has 0 bridgehead atoms. The second-order valence-electron chi connectivity index (χ2n) is 5.57. The summed E-state index contributed by atoms with van der Waals surface area (Å²) in [5.74, 6) is -0.0726. The average Bonchev–Trinajstić information content (AvgIpc) is 3.21. The van der Waals surface area contributed by atoms with Crippen LogP contribution in [0.5, 0.6) is 0 Å². The van der Waals surface area contributed by atoms with Gasteiger partial charge in [0.05, 0.1) is 17.5 Å². The normalized spacial score (nSPS) is 12.1. The number of thioether (sulfide) groups is 1. The van der Waals surface area contributed by atoms with E-state index in [-0.39, 0.29) is 11.2 Å². The third-order valence-electron chi connectivity index (χ3n) is 3.42. The molecule has 1 N–H and O–H groups in total. The zero-order valence-corrected chi connectivity index (χ0v) is 15.8. The summed E-state index contributed by atoms with van der Waals surface area (Å²) >= 11 is 2.86. The lowest BCUT2D eigenvalue weighted by Gasteiger charge is -2.11. The van der Waals surface area contributed by atoms with Crippen molar-refractivity contribution < 1.29 is 4.79 Å². The number of carbonyl (C=O) groups excluding carboxylic acids is 1. The topological polar surface area (TPSA) is 85.6 Å². The lowest BCUT2D eigenvalue weighted by atomic mass is 10.2. The fourth-order valence-corrected chi connectivity index (χ4v) is 3.72. The Balaban J connectivity index is 1.64. The van der Waals surface area contributed by atoms with Gasteiger partial charge in [-0.1, -0.05) is 23.9 Å². The number of carbonyl (C=O) groups is 1. The highest BCUT2D eigenvalue weighted by Gasteiger charge is 2.19. The van der Waals surface area contributed by atoms with Crippen LogP contribution in [0.15, 0.2) is 34.8 Å². The molecule has 2 heterocycles. The number of tetrazole rings is 1. The molecule has 0 aliphatic heterocycles. The van der Waals surface area contributed by atoms with Crippen LogP contribution in [0.3, 0.4) is 0 Å². The Morgan fingerprint density at radius 2 is 2.24 bits per heavy atom. The number of aryl methyl sites for hydroxylation is 2. The number of thiazole rings is 1. The van der Waals surface area contributed by atoms with Crippen LogP contribution < -0.4 is 5.32 Å². The molecule has 0 saturated heterocycles. The van der Waals surface area contributed by atoms with E-state index in [0.29, 0.717) is 11.7 Å². The molecule has 1 atom stereocenters. The fraction of sp³-hybridized carbons (Fsp3) is 0.312. The predicted octanol–water partition coefficient (Wildman–Crippen LogP) is 2.53. The number of hydrogen-bond acceptors (Lipinski definition) is 7. The molecule has 9 heteroatoms. The molecular weight excluding hydrogens is 356 g/mol. The molecule has 130 valence electrons. The summed E-state index contributed by atoms with van der Waals surface area (Å²) in [5, 5.41) is 17.8. The van der Waals surface area contributed by atoms with Gasteiger partial charge in [0, 0.05) is 11.1 Å². The molecule has 1 unspecified atom stereocenters. The lowest BCUT2D eigenvalue weighted by Crippen LogP contribution is -2.30. The molecule has 1 amide bonds. The molecule has 0 aliphatic rings. The molecule has 0 aliphatic carbocycles. The third kappa shape index (κ3) is 4.43. The quantitative estimate of drug-likeness (QED) is 0.667. The highest BCUT2D eigenvalue weighted by molar-refractivity contribution is 8.00. The van der Waals surface area contributed by atoms with Crippen molar-refractivity contribution in [2.75, 3.05) is 0 Å². The molecule has 0 fully saturated rings. The van der Waals surface area contributed by atoms with E-state index in [0.717, 1.165) is 22.0 Å². The Kier molecular flexibility index (Phi) is 5.44. The first kappa shape index (κ1) is 17.6. The SMILES string of the molecule is Cc1cccc(-n2nnnc2SC(C)C(=O)NCc2nc(C)cs2)c1. The van der Waals surface area contributed by atoms with Gasteiger partial charge in [0.25, 0.3) is 0 Å². The van der Waals surface area contributed by atoms with Gasteiger partial charge in [-0.05, 0) is 48.9 Å². The molecule has 3 aromatic rings. The molecule has 2 aromatic heterocycles. The van der Waals surface area contributed by atoms with Gasteiger partial charge in [-0.2, -0.15) is 4.68 Å². The molecule has 0 radical (unpaired) electrons. The Hall–Kier alpha value is -2.26. The smallest absolute Gasteiger partial charge is 0.233 e. The van der Waals surface area contributed by atoms with E-state index in [4.69, 9.17) is 0 Å². The first-order valence-electron chi connectivity index (χ1n) is 7.73. The number of rotatable bonds is 6. The third-order valence-corrected chi connectivity index (χ3v) is 5.42. The number of hydrogen-bond donors (Lipinski definition) is 1. The van der Waals surface area contributed by atoms with Crippen molar-refractivity contribution in [3.8, 4) is 5.69 Å². The largest absolute Gasteiger partial charge is 0.349 e. The van der Waals surface area contributed by atoms with Crippen molar-refractivity contribution >= 4 is 29.0 Å². The molecule has 0 spiro atoms. The Morgan fingerprint density at radius 3 is 2.96 bits per heavy atom. The van der Waals surface area contributed by atoms with Gasteiger partial charge in [-0.3, -0.25) is 4.79 Å². The van der Waals surface area contributed by atoms with E-state index in [2.05, 4.69) is 25.8 Å². The minimum Gasteiger partial charge on any atom is -0.349 e. The highest BCUT2D eigenvalue weighted by Crippen LogP contribution is 2.23. The van der Waals surface area contributed by atoms with Crippen molar-refractivity contribution in [2.24, 2.45) is 0 Å². The number of aromatic nitrogens is 5. The summed E-state index contributed by atoms with van der Waals surface area (Å²) in [6.07, 6.45) is 0. The minimum absolute atomic E-state index is 0.0726. The fourth-order valence-electron chi connectivity index (χ4n) is 2.18. The predicted molar refractivity (Wildman–Crippen MR) is 97.9 cm³/mol. The van der Waals surface area contributed by atoms with Crippen LogP contribution in [0, 0.1) is 13.8 Å². The van der Waals surface area contributed by atoms with E-state index in [1.54, 1.807) is 16.0 Å². The van der Waals surface area contributed by atoms with Crippen LogP contribution in [-0.2, 0) is 11.3 Å². The average molecular weight is 374 g/mol. The maximum atomic E-state index is 12.3. The van der Waals surface area contributed by atoms with Gasteiger partial charge in [-0.15, -0.1) is 16.4 Å². The van der Waals surface area contributed by atoms with Gasteiger partial charge in [0.2, 0.25) is 11.1 Å². The van der Waals surface area contributed by atoms with E-state index in [9.17, 15) is 4.79 Å². The molecule has 3 rings (SSSR count). The lowest BCUT2D eigenvalue weighted by molar-refractivity contribution is -0.120. The summed E-state index contributed by atoms with van der Waals surface area (Å²) in [7, 11) is 0. The summed E-state index contributed by atoms with van der Waals surface area (Å²) in [6, 6.07) is 7.89. The number of nitrogens with one attached hydrogen (secondary N) is 1. The van der Waals surface area contributed by atoms with Crippen molar-refractivity contribution in [1.29, 1.82) is 0 Å². The standard InChI is InChI=1S/C16H18N6OS2/c1-10-5-4-6-13(7-10)22-16(19-20-21-22)25-12(3)15(23)17-8-14-18-11(2)9-24-14/h4-7,9,12H,8H2,1-3H3,(H,17,23). The monoisotopic (exact) mass is 374 g/mol. The maximum absolute atomic E-state index is 12.3.